The number of ketones is 2. The summed E-state index contributed by atoms with van der Waals surface area (Å²) in [6.07, 6.45) is -7.35. The number of aliphatic hydroxyl groups excluding tert-OH is 3. The van der Waals surface area contributed by atoms with E-state index in [4.69, 9.17) is 23.4 Å². The van der Waals surface area contributed by atoms with E-state index in [0.29, 0.717) is 28.7 Å². The van der Waals surface area contributed by atoms with Gasteiger partial charge in [-0.05, 0) is 80.1 Å². The Morgan fingerprint density at radius 2 is 1.04 bits per heavy atom. The number of ether oxygens (including phenoxy) is 4. The van der Waals surface area contributed by atoms with Crippen LogP contribution in [-0.2, 0) is 42.6 Å². The van der Waals surface area contributed by atoms with Crippen LogP contribution in [0, 0.1) is 133 Å². The molecule has 0 amide bonds. The van der Waals surface area contributed by atoms with E-state index >= 15 is 4.79 Å². The van der Waals surface area contributed by atoms with Crippen molar-refractivity contribution in [3.8, 4) is 0 Å². The van der Waals surface area contributed by atoms with Gasteiger partial charge < -0.3 is 59.1 Å². The third-order valence-corrected chi connectivity index (χ3v) is 23.3. The Labute approximate surface area is 515 Å². The molecule has 14 unspecified atom stereocenters. The van der Waals surface area contributed by atoms with Crippen molar-refractivity contribution in [3.05, 3.63) is 52.6 Å². The first-order valence-corrected chi connectivity index (χ1v) is 29.3. The Balaban J connectivity index is 0.000000244. The molecule has 6 fully saturated rings. The smallest absolute Gasteiger partial charge is 0.306 e. The molecule has 9 rings (SSSR count). The number of hydrogen-bond donors (Lipinski definition) is 7. The number of aliphatic hydroxyl groups is 7. The fraction of sp³-hybridized carbons (Fsp3) is 0.750. The van der Waals surface area contributed by atoms with Crippen molar-refractivity contribution >= 4 is 37.0 Å². The Kier molecular flexibility index (Phi) is 18.3. The fourth-order valence-corrected chi connectivity index (χ4v) is 18.2. The maximum Gasteiger partial charge on any atom is 0.306 e. The molecule has 19 heteroatoms. The molecule has 2 heterocycles. The second-order valence-electron chi connectivity index (χ2n) is 25.1. The van der Waals surface area contributed by atoms with Crippen LogP contribution in [0.15, 0.2) is 52.6 Å². The summed E-state index contributed by atoms with van der Waals surface area (Å²) in [7, 11) is -2.60. The van der Waals surface area contributed by atoms with Crippen LogP contribution >= 0.6 is 0 Å². The normalized spacial score (nSPS) is 44.2. The summed E-state index contributed by atoms with van der Waals surface area (Å²) in [4.78, 5) is 54.7. The van der Waals surface area contributed by atoms with Crippen LogP contribution < -0.4 is 5.19 Å². The largest absolute Gasteiger partial charge is 0.450 e. The van der Waals surface area contributed by atoms with Crippen molar-refractivity contribution in [1.82, 2.24) is 0 Å². The van der Waals surface area contributed by atoms with Crippen LogP contribution in [0.2, 0.25) is 13.1 Å². The first-order valence-electron chi connectivity index (χ1n) is 26.4. The molecule has 2 aliphatic heterocycles. The second kappa shape index (κ2) is 21.5. The number of benzene rings is 1. The zero-order valence-corrected chi connectivity index (χ0v) is 56.9. The molecule has 1 aromatic rings. The first-order chi connectivity index (χ1) is 33.6. The van der Waals surface area contributed by atoms with Crippen LogP contribution in [0.5, 0.6) is 0 Å². The van der Waals surface area contributed by atoms with Gasteiger partial charge in [-0.15, -0.1) is 0 Å². The summed E-state index contributed by atoms with van der Waals surface area (Å²) in [6, 6.07) is 9.95. The molecule has 16 nitrogen and oxygen atoms in total. The molecule has 8 aliphatic rings. The Hall–Kier alpha value is -0.320. The van der Waals surface area contributed by atoms with E-state index < -0.39 is 143 Å². The molecule has 18 atom stereocenters. The van der Waals surface area contributed by atoms with Gasteiger partial charge in [0.05, 0.1) is 71.9 Å². The van der Waals surface area contributed by atoms with E-state index in [1.54, 1.807) is 55.4 Å². The summed E-state index contributed by atoms with van der Waals surface area (Å²) in [6.45, 7) is 25.2. The van der Waals surface area contributed by atoms with E-state index in [1.165, 1.54) is 0 Å². The van der Waals surface area contributed by atoms with Crippen LogP contribution in [0.4, 0.5) is 0 Å². The van der Waals surface area contributed by atoms with E-state index in [0.717, 1.165) is 5.19 Å². The van der Waals surface area contributed by atoms with Gasteiger partial charge in [0.2, 0.25) is 8.32 Å². The van der Waals surface area contributed by atoms with Gasteiger partial charge in [0.15, 0.2) is 23.8 Å². The standard InChI is InChI=1S/C32H46O8Si.C24H36O8.2Ac/c1-9-24(34)39-26-25-18(2)21(33)16-32(37,29(25,4)5)19(3)27-30(6,28(26)35)22(15-23-31(27,36)17-38-23)40-41(7,8)20-13-11-10-12-14-20;1-7-16(27)32-18-17-11(2)13(25)9-24(30,21(17,4)5)12(3)19-22(6,20(18)28)14(26)8-15-23(19,29)10-31-15;;/h10-14,19,21-23,26-27,33,36-37H,9,15-17H2,1-8H3;12-15,18-19,25-26,29-30H,7-10H2,1-6H3;;/t19?,21?,22?,23?,26?,27?,30-,31+,32?;12?,13?,14?,15?,18?,19?,22-,23+,24?;;/m11../s1. The van der Waals surface area contributed by atoms with Crippen molar-refractivity contribution in [2.24, 2.45) is 45.3 Å². The molecular weight excluding hydrogens is 1410 g/mol. The number of Topliss-reactive ketones (excluding diaryl/α,β-unsaturated/α-hetero) is 2. The summed E-state index contributed by atoms with van der Waals surface area (Å²) < 4.78 is 30.2. The molecule has 7 N–H and O–H groups in total. The van der Waals surface area contributed by atoms with E-state index in [-0.39, 0.29) is 139 Å². The third kappa shape index (κ3) is 9.22. The molecule has 412 valence electrons. The number of hydrogen-bond acceptors (Lipinski definition) is 16. The van der Waals surface area contributed by atoms with E-state index in [1.807, 2.05) is 58.0 Å². The van der Waals surface area contributed by atoms with Gasteiger partial charge >= 0.3 is 11.9 Å². The van der Waals surface area contributed by atoms with Gasteiger partial charge in [0, 0.05) is 149 Å². The maximum atomic E-state index is 15.2. The zero-order chi connectivity index (χ0) is 54.4. The Morgan fingerprint density at radius 1 is 0.653 bits per heavy atom. The Bertz CT molecular complexity index is 2480. The Morgan fingerprint density at radius 3 is 1.43 bits per heavy atom. The molecule has 0 spiro atoms. The number of fused-ring (bicyclic) bond motifs is 10. The number of carbonyl (C=O) groups is 4. The van der Waals surface area contributed by atoms with Crippen molar-refractivity contribution in [2.75, 3.05) is 13.2 Å². The molecule has 1 aromatic carbocycles. The van der Waals surface area contributed by atoms with Crippen LogP contribution in [0.3, 0.4) is 0 Å². The van der Waals surface area contributed by atoms with Crippen molar-refractivity contribution in [1.29, 1.82) is 0 Å². The molecule has 2 radical (unpaired) electrons. The predicted molar refractivity (Wildman–Crippen MR) is 269 cm³/mol. The molecule has 4 bridgehead atoms. The summed E-state index contributed by atoms with van der Waals surface area (Å²) in [5.74, 6) is -5.01. The minimum atomic E-state index is -2.60. The average Bonchev–Trinajstić information content (AvgIpc) is 3.32. The maximum absolute atomic E-state index is 15.2. The summed E-state index contributed by atoms with van der Waals surface area (Å²) in [5.41, 5.74) is -8.99. The summed E-state index contributed by atoms with van der Waals surface area (Å²) >= 11 is 0. The quantitative estimate of drug-likeness (QED) is 0.116. The van der Waals surface area contributed by atoms with Gasteiger partial charge in [-0.3, -0.25) is 19.2 Å². The van der Waals surface area contributed by atoms with Crippen molar-refractivity contribution < 1.29 is 166 Å². The predicted octanol–water partition coefficient (Wildman–Crippen LogP) is 3.90. The van der Waals surface area contributed by atoms with Gasteiger partial charge in [0.25, 0.3) is 0 Å². The number of rotatable bonds is 7. The third-order valence-electron chi connectivity index (χ3n) is 20.7. The molecule has 75 heavy (non-hydrogen) atoms. The fourth-order valence-electron chi connectivity index (χ4n) is 16.0. The molecule has 0 aromatic heterocycles. The summed E-state index contributed by atoms with van der Waals surface area (Å²) in [5, 5.41) is 83.1. The van der Waals surface area contributed by atoms with Gasteiger partial charge in [0.1, 0.15) is 11.2 Å². The second-order valence-corrected chi connectivity index (χ2v) is 28.9. The van der Waals surface area contributed by atoms with Gasteiger partial charge in [-0.2, -0.15) is 0 Å². The van der Waals surface area contributed by atoms with Crippen LogP contribution in [0.25, 0.3) is 0 Å². The molecular formula is C56H82Ac2O16Si. The SMILES string of the molecule is CCC(=O)OC1C(=O)[C@]2(C)C(O)CC3OC[C@@]3(O)C2C(C)C2(O)CC(O)C(C)=C1C2(C)C.CCC(=O)OC1C(=O)[C@]2(C)C(O[Si](C)(C)c3ccccc3)CC3OC[C@@]3(O)C2C(C)C2(O)CC(O)C(C)=C1C2(C)C.[Ac].[Ac]. The molecule has 6 aliphatic carbocycles. The van der Waals surface area contributed by atoms with Crippen LogP contribution in [0.1, 0.15) is 122 Å². The van der Waals surface area contributed by atoms with Gasteiger partial charge in [-0.1, -0.05) is 85.7 Å². The van der Waals surface area contributed by atoms with Crippen molar-refractivity contribution in [3.63, 3.8) is 0 Å². The van der Waals surface area contributed by atoms with E-state index in [9.17, 15) is 50.1 Å². The minimum absolute atomic E-state index is 0. The van der Waals surface area contributed by atoms with E-state index in [2.05, 4.69) is 13.1 Å². The number of carbonyl (C=O) groups excluding carboxylic acids is 4. The zero-order valence-electron chi connectivity index (χ0n) is 46.4. The monoisotopic (exact) mass is 1490 g/mol. The van der Waals surface area contributed by atoms with Gasteiger partial charge in [-0.25, -0.2) is 0 Å². The average molecular weight is 1490 g/mol. The topological polar surface area (TPSA) is 256 Å². The first kappa shape index (κ1) is 63.9. The minimum Gasteiger partial charge on any atom is -0.450 e. The number of esters is 2. The molecule has 2 saturated heterocycles. The van der Waals surface area contributed by atoms with Crippen LogP contribution in [-0.4, -0.2) is 152 Å². The van der Waals surface area contributed by atoms with Crippen molar-refractivity contribution in [2.45, 2.75) is 206 Å². The molecule has 4 saturated carbocycles.